The maximum absolute atomic E-state index is 5.45. The summed E-state index contributed by atoms with van der Waals surface area (Å²) in [5.41, 5.74) is 0.868. The fourth-order valence-corrected chi connectivity index (χ4v) is 1.45. The van der Waals surface area contributed by atoms with Gasteiger partial charge in [-0.3, -0.25) is 0 Å². The third-order valence-electron chi connectivity index (χ3n) is 2.36. The summed E-state index contributed by atoms with van der Waals surface area (Å²) in [6.45, 7) is 6.33. The Morgan fingerprint density at radius 3 is 2.89 bits per heavy atom. The first-order valence-corrected chi connectivity index (χ1v) is 6.26. The van der Waals surface area contributed by atoms with Crippen LogP contribution in [0.2, 0.25) is 0 Å². The first kappa shape index (κ1) is 13.4. The van der Waals surface area contributed by atoms with Gasteiger partial charge in [0.25, 0.3) is 0 Å². The summed E-state index contributed by atoms with van der Waals surface area (Å²) in [6.07, 6.45) is 3.20. The zero-order valence-electron chi connectivity index (χ0n) is 11.1. The molecule has 0 aliphatic rings. The molecule has 0 spiro atoms. The van der Waals surface area contributed by atoms with Crippen molar-refractivity contribution >= 4 is 6.01 Å². The average molecular weight is 262 g/mol. The molecule has 0 saturated carbocycles. The summed E-state index contributed by atoms with van der Waals surface area (Å²) < 4.78 is 5.45. The third kappa shape index (κ3) is 4.63. The molecule has 2 heterocycles. The van der Waals surface area contributed by atoms with Gasteiger partial charge in [-0.25, -0.2) is 9.97 Å². The highest BCUT2D eigenvalue weighted by Crippen LogP contribution is 2.06. The van der Waals surface area contributed by atoms with Crippen LogP contribution in [0.4, 0.5) is 6.01 Å². The van der Waals surface area contributed by atoms with Crippen molar-refractivity contribution in [1.82, 2.24) is 25.5 Å². The molecular formula is C12H18N6O. The summed E-state index contributed by atoms with van der Waals surface area (Å²) in [5, 5.41) is 14.1. The van der Waals surface area contributed by atoms with E-state index in [9.17, 15) is 0 Å². The molecule has 2 aromatic rings. The second-order valence-corrected chi connectivity index (χ2v) is 4.58. The fourth-order valence-electron chi connectivity index (χ4n) is 1.45. The maximum Gasteiger partial charge on any atom is 0.315 e. The van der Waals surface area contributed by atoms with Gasteiger partial charge < -0.3 is 15.1 Å². The lowest BCUT2D eigenvalue weighted by Gasteiger charge is -2.03. The molecule has 7 heteroatoms. The van der Waals surface area contributed by atoms with Gasteiger partial charge in [-0.2, -0.15) is 0 Å². The van der Waals surface area contributed by atoms with Crippen LogP contribution in [0.5, 0.6) is 0 Å². The van der Waals surface area contributed by atoms with Gasteiger partial charge in [0, 0.05) is 6.20 Å². The Kier molecular flexibility index (Phi) is 4.79. The number of aromatic nitrogens is 4. The average Bonchev–Trinajstić information content (AvgIpc) is 2.85. The van der Waals surface area contributed by atoms with Crippen molar-refractivity contribution in [2.24, 2.45) is 5.92 Å². The first-order chi connectivity index (χ1) is 9.24. The molecule has 0 aliphatic heterocycles. The Labute approximate surface area is 111 Å². The van der Waals surface area contributed by atoms with Crippen molar-refractivity contribution in [2.45, 2.75) is 26.9 Å². The molecule has 0 aliphatic carbocycles. The number of nitrogens with zero attached hydrogens (tertiary/aromatic N) is 4. The summed E-state index contributed by atoms with van der Waals surface area (Å²) in [6, 6.07) is 2.23. The molecule has 0 atom stereocenters. The fraction of sp³-hybridized carbons (Fsp3) is 0.500. The van der Waals surface area contributed by atoms with E-state index in [0.29, 0.717) is 30.9 Å². The van der Waals surface area contributed by atoms with Crippen LogP contribution in [-0.2, 0) is 13.1 Å². The molecule has 102 valence electrons. The van der Waals surface area contributed by atoms with Crippen LogP contribution in [0.15, 0.2) is 23.0 Å². The van der Waals surface area contributed by atoms with Gasteiger partial charge in [0.1, 0.15) is 6.33 Å². The third-order valence-corrected chi connectivity index (χ3v) is 2.36. The Bertz CT molecular complexity index is 484. The smallest absolute Gasteiger partial charge is 0.315 e. The van der Waals surface area contributed by atoms with Crippen LogP contribution in [0, 0.1) is 5.92 Å². The molecule has 0 fully saturated rings. The summed E-state index contributed by atoms with van der Waals surface area (Å²) in [4.78, 5) is 7.95. The summed E-state index contributed by atoms with van der Waals surface area (Å²) >= 11 is 0. The molecule has 2 rings (SSSR count). The van der Waals surface area contributed by atoms with Gasteiger partial charge in [0.2, 0.25) is 5.89 Å². The second kappa shape index (κ2) is 6.79. The Morgan fingerprint density at radius 1 is 1.26 bits per heavy atom. The Hall–Kier alpha value is -2.02. The zero-order valence-corrected chi connectivity index (χ0v) is 11.1. The summed E-state index contributed by atoms with van der Waals surface area (Å²) in [7, 11) is 0. The van der Waals surface area contributed by atoms with E-state index < -0.39 is 0 Å². The van der Waals surface area contributed by atoms with E-state index in [1.54, 1.807) is 6.20 Å². The van der Waals surface area contributed by atoms with Gasteiger partial charge in [0.15, 0.2) is 0 Å². The highest BCUT2D eigenvalue weighted by atomic mass is 16.4. The molecule has 19 heavy (non-hydrogen) atoms. The van der Waals surface area contributed by atoms with Crippen LogP contribution in [0.1, 0.15) is 25.4 Å². The minimum Gasteiger partial charge on any atom is -0.407 e. The first-order valence-electron chi connectivity index (χ1n) is 6.26. The predicted octanol–water partition coefficient (Wildman–Crippen LogP) is 1.22. The van der Waals surface area contributed by atoms with Crippen molar-refractivity contribution in [3.05, 3.63) is 30.2 Å². The summed E-state index contributed by atoms with van der Waals surface area (Å²) in [5.74, 6) is 1.17. The van der Waals surface area contributed by atoms with E-state index >= 15 is 0 Å². The van der Waals surface area contributed by atoms with Gasteiger partial charge in [-0.15, -0.1) is 5.10 Å². The van der Waals surface area contributed by atoms with Gasteiger partial charge >= 0.3 is 6.01 Å². The molecule has 0 unspecified atom stereocenters. The van der Waals surface area contributed by atoms with Crippen LogP contribution in [0.25, 0.3) is 0 Å². The van der Waals surface area contributed by atoms with E-state index in [-0.39, 0.29) is 0 Å². The maximum atomic E-state index is 5.45. The molecule has 0 bridgehead atoms. The molecule has 2 N–H and O–H groups in total. The lowest BCUT2D eigenvalue weighted by molar-refractivity contribution is 0.458. The van der Waals surface area contributed by atoms with Crippen LogP contribution in [0.3, 0.4) is 0 Å². The van der Waals surface area contributed by atoms with E-state index in [2.05, 4.69) is 44.6 Å². The SMILES string of the molecule is CC(C)CNCc1nnc(NCc2ccncn2)o1. The van der Waals surface area contributed by atoms with Gasteiger partial charge in [-0.1, -0.05) is 18.9 Å². The van der Waals surface area contributed by atoms with E-state index in [0.717, 1.165) is 12.2 Å². The zero-order chi connectivity index (χ0) is 13.5. The number of nitrogens with one attached hydrogen (secondary N) is 2. The van der Waals surface area contributed by atoms with Crippen LogP contribution >= 0.6 is 0 Å². The molecule has 0 saturated heterocycles. The molecule has 0 radical (unpaired) electrons. The molecule has 0 aromatic carbocycles. The van der Waals surface area contributed by atoms with E-state index in [4.69, 9.17) is 4.42 Å². The number of hydrogen-bond donors (Lipinski definition) is 2. The normalized spacial score (nSPS) is 10.9. The lowest BCUT2D eigenvalue weighted by atomic mass is 10.2. The van der Waals surface area contributed by atoms with Crippen LogP contribution in [-0.4, -0.2) is 26.7 Å². The standard InChI is InChI=1S/C12H18N6O/c1-9(2)5-14-7-11-17-18-12(19-11)15-6-10-3-4-13-8-16-10/h3-4,8-9,14H,5-7H2,1-2H3,(H,15,18). The number of rotatable bonds is 7. The molecule has 2 aromatic heterocycles. The van der Waals surface area contributed by atoms with Gasteiger partial charge in [0.05, 0.1) is 18.8 Å². The Morgan fingerprint density at radius 2 is 2.16 bits per heavy atom. The Balaban J connectivity index is 1.77. The minimum atomic E-state index is 0.403. The highest BCUT2D eigenvalue weighted by Gasteiger charge is 2.05. The quantitative estimate of drug-likeness (QED) is 0.775. The molecular weight excluding hydrogens is 244 g/mol. The number of anilines is 1. The monoisotopic (exact) mass is 262 g/mol. The van der Waals surface area contributed by atoms with Crippen molar-refractivity contribution in [2.75, 3.05) is 11.9 Å². The largest absolute Gasteiger partial charge is 0.407 e. The molecule has 7 nitrogen and oxygen atoms in total. The topological polar surface area (TPSA) is 88.8 Å². The van der Waals surface area contributed by atoms with Gasteiger partial charge in [-0.05, 0) is 18.5 Å². The lowest BCUT2D eigenvalue weighted by Crippen LogP contribution is -2.19. The van der Waals surface area contributed by atoms with Crippen molar-refractivity contribution in [3.63, 3.8) is 0 Å². The number of hydrogen-bond acceptors (Lipinski definition) is 7. The van der Waals surface area contributed by atoms with Crippen molar-refractivity contribution < 1.29 is 4.42 Å². The molecule has 0 amide bonds. The highest BCUT2D eigenvalue weighted by molar-refractivity contribution is 5.19. The van der Waals surface area contributed by atoms with Crippen molar-refractivity contribution in [3.8, 4) is 0 Å². The van der Waals surface area contributed by atoms with Crippen molar-refractivity contribution in [1.29, 1.82) is 0 Å². The second-order valence-electron chi connectivity index (χ2n) is 4.58. The predicted molar refractivity (Wildman–Crippen MR) is 70.2 cm³/mol. The van der Waals surface area contributed by atoms with E-state index in [1.165, 1.54) is 6.33 Å². The van der Waals surface area contributed by atoms with E-state index in [1.807, 2.05) is 6.07 Å². The van der Waals surface area contributed by atoms with Crippen LogP contribution < -0.4 is 10.6 Å². The minimum absolute atomic E-state index is 0.403.